The number of piperidine rings is 1. The highest BCUT2D eigenvalue weighted by Crippen LogP contribution is 2.25. The minimum Gasteiger partial charge on any atom is -0.324 e. The second-order valence-electron chi connectivity index (χ2n) is 7.34. The van der Waals surface area contributed by atoms with E-state index in [1.165, 1.54) is 0 Å². The Hall–Kier alpha value is -3.02. The Morgan fingerprint density at radius 2 is 1.74 bits per heavy atom. The number of anilines is 1. The van der Waals surface area contributed by atoms with E-state index >= 15 is 0 Å². The number of rotatable bonds is 2. The van der Waals surface area contributed by atoms with E-state index in [1.54, 1.807) is 0 Å². The Balaban J connectivity index is 1.44. The molecule has 140 valence electrons. The van der Waals surface area contributed by atoms with Crippen LogP contribution in [0.15, 0.2) is 47.3 Å². The molecule has 0 bridgehead atoms. The molecule has 1 saturated heterocycles. The van der Waals surface area contributed by atoms with Gasteiger partial charge in [0, 0.05) is 24.8 Å². The Morgan fingerprint density at radius 3 is 2.44 bits per heavy atom. The molecule has 2 amide bonds. The topological polar surface area (TPSA) is 70.1 Å². The van der Waals surface area contributed by atoms with Gasteiger partial charge in [0.1, 0.15) is 0 Å². The third-order valence-electron chi connectivity index (χ3n) is 5.21. The number of likely N-dealkylation sites (tertiary alicyclic amines) is 1. The number of carbonyl (C=O) groups is 1. The van der Waals surface area contributed by atoms with Crippen LogP contribution in [-0.2, 0) is 0 Å². The number of hydrogen-bond donors (Lipinski definition) is 2. The molecule has 6 nitrogen and oxygen atoms in total. The largest absolute Gasteiger partial charge is 0.326 e. The number of amides is 2. The molecule has 0 atom stereocenters. The lowest BCUT2D eigenvalue weighted by Crippen LogP contribution is -2.42. The summed E-state index contributed by atoms with van der Waals surface area (Å²) in [4.78, 5) is 29.7. The predicted molar refractivity (Wildman–Crippen MR) is 107 cm³/mol. The molecule has 1 aromatic heterocycles. The number of para-hydroxylation sites is 2. The van der Waals surface area contributed by atoms with E-state index in [0.29, 0.717) is 13.1 Å². The zero-order valence-electron chi connectivity index (χ0n) is 15.7. The van der Waals surface area contributed by atoms with Gasteiger partial charge in [0.15, 0.2) is 0 Å². The van der Waals surface area contributed by atoms with Crippen molar-refractivity contribution >= 4 is 22.8 Å². The van der Waals surface area contributed by atoms with E-state index in [-0.39, 0.29) is 17.8 Å². The number of urea groups is 1. The van der Waals surface area contributed by atoms with Gasteiger partial charge in [-0.15, -0.1) is 0 Å². The van der Waals surface area contributed by atoms with Crippen LogP contribution >= 0.6 is 0 Å². The SMILES string of the molecule is Cc1cc(C)cc(NC(=O)N2CCC(n3c(=O)[nH]c4ccccc43)CC2)c1. The Labute approximate surface area is 157 Å². The number of hydrogen-bond acceptors (Lipinski definition) is 2. The molecule has 0 aliphatic carbocycles. The molecular formula is C21H24N4O2. The van der Waals surface area contributed by atoms with E-state index in [2.05, 4.69) is 16.4 Å². The molecule has 27 heavy (non-hydrogen) atoms. The number of aromatic amines is 1. The van der Waals surface area contributed by atoms with Crippen LogP contribution in [0.3, 0.4) is 0 Å². The van der Waals surface area contributed by atoms with Gasteiger partial charge in [-0.05, 0) is 62.1 Å². The zero-order valence-corrected chi connectivity index (χ0v) is 15.7. The summed E-state index contributed by atoms with van der Waals surface area (Å²) in [5.41, 5.74) is 4.80. The first kappa shape index (κ1) is 17.4. The van der Waals surface area contributed by atoms with E-state index in [4.69, 9.17) is 0 Å². The van der Waals surface area contributed by atoms with Crippen LogP contribution in [0.4, 0.5) is 10.5 Å². The first-order chi connectivity index (χ1) is 13.0. The van der Waals surface area contributed by atoms with Crippen LogP contribution in [0.25, 0.3) is 11.0 Å². The monoisotopic (exact) mass is 364 g/mol. The summed E-state index contributed by atoms with van der Waals surface area (Å²) in [6.07, 6.45) is 1.53. The van der Waals surface area contributed by atoms with Crippen LogP contribution in [-0.4, -0.2) is 33.6 Å². The second-order valence-corrected chi connectivity index (χ2v) is 7.34. The highest BCUT2D eigenvalue weighted by Gasteiger charge is 2.26. The van der Waals surface area contributed by atoms with Gasteiger partial charge in [-0.25, -0.2) is 9.59 Å². The standard InChI is InChI=1S/C21H24N4O2/c1-14-11-15(2)13-16(12-14)22-20(26)24-9-7-17(8-10-24)25-19-6-4-3-5-18(19)23-21(25)27/h3-6,11-13,17H,7-10H2,1-2H3,(H,22,26)(H,23,27). The number of aromatic nitrogens is 2. The summed E-state index contributed by atoms with van der Waals surface area (Å²) >= 11 is 0. The average molecular weight is 364 g/mol. The van der Waals surface area contributed by atoms with Crippen molar-refractivity contribution in [1.82, 2.24) is 14.5 Å². The van der Waals surface area contributed by atoms with E-state index in [0.717, 1.165) is 40.7 Å². The molecule has 1 fully saturated rings. The number of nitrogens with one attached hydrogen (secondary N) is 2. The summed E-state index contributed by atoms with van der Waals surface area (Å²) in [6, 6.07) is 13.8. The van der Waals surface area contributed by atoms with Crippen LogP contribution < -0.4 is 11.0 Å². The third-order valence-corrected chi connectivity index (χ3v) is 5.21. The highest BCUT2D eigenvalue weighted by atomic mass is 16.2. The summed E-state index contributed by atoms with van der Waals surface area (Å²) < 4.78 is 1.84. The fourth-order valence-electron chi connectivity index (χ4n) is 4.01. The van der Waals surface area contributed by atoms with Gasteiger partial charge in [-0.3, -0.25) is 4.57 Å². The highest BCUT2D eigenvalue weighted by molar-refractivity contribution is 5.89. The first-order valence-corrected chi connectivity index (χ1v) is 9.35. The van der Waals surface area contributed by atoms with Crippen molar-refractivity contribution in [2.24, 2.45) is 0 Å². The molecule has 6 heteroatoms. The van der Waals surface area contributed by atoms with E-state index in [1.807, 2.05) is 59.7 Å². The lowest BCUT2D eigenvalue weighted by atomic mass is 10.0. The van der Waals surface area contributed by atoms with Crippen molar-refractivity contribution in [3.05, 3.63) is 64.1 Å². The van der Waals surface area contributed by atoms with Crippen molar-refractivity contribution in [2.75, 3.05) is 18.4 Å². The van der Waals surface area contributed by atoms with Crippen molar-refractivity contribution in [2.45, 2.75) is 32.7 Å². The minimum atomic E-state index is -0.0790. The molecule has 1 aliphatic heterocycles. The Bertz CT molecular complexity index is 1020. The Morgan fingerprint density at radius 1 is 1.07 bits per heavy atom. The van der Waals surface area contributed by atoms with Crippen molar-refractivity contribution in [1.29, 1.82) is 0 Å². The number of fused-ring (bicyclic) bond motifs is 1. The van der Waals surface area contributed by atoms with Crippen LogP contribution in [0, 0.1) is 13.8 Å². The van der Waals surface area contributed by atoms with Crippen LogP contribution in [0.2, 0.25) is 0 Å². The van der Waals surface area contributed by atoms with Crippen LogP contribution in [0.1, 0.15) is 30.0 Å². The van der Waals surface area contributed by atoms with Crippen molar-refractivity contribution < 1.29 is 4.79 Å². The lowest BCUT2D eigenvalue weighted by Gasteiger charge is -2.32. The van der Waals surface area contributed by atoms with Gasteiger partial charge in [-0.1, -0.05) is 18.2 Å². The molecule has 2 N–H and O–H groups in total. The number of nitrogens with zero attached hydrogens (tertiary/aromatic N) is 2. The summed E-state index contributed by atoms with van der Waals surface area (Å²) in [5.74, 6) is 0. The molecule has 0 radical (unpaired) electrons. The van der Waals surface area contributed by atoms with E-state index in [9.17, 15) is 9.59 Å². The minimum absolute atomic E-state index is 0.0747. The van der Waals surface area contributed by atoms with Gasteiger partial charge >= 0.3 is 11.7 Å². The fourth-order valence-corrected chi connectivity index (χ4v) is 4.01. The Kier molecular flexibility index (Phi) is 4.48. The zero-order chi connectivity index (χ0) is 19.0. The molecule has 2 aromatic carbocycles. The predicted octanol–water partition coefficient (Wildman–Crippen LogP) is 3.82. The quantitative estimate of drug-likeness (QED) is 0.726. The molecule has 0 unspecified atom stereocenters. The van der Waals surface area contributed by atoms with Gasteiger partial charge in [-0.2, -0.15) is 0 Å². The summed E-state index contributed by atoms with van der Waals surface area (Å²) in [6.45, 7) is 5.31. The molecule has 3 aromatic rings. The van der Waals surface area contributed by atoms with Gasteiger partial charge in [0.25, 0.3) is 0 Å². The second kappa shape index (κ2) is 6.95. The average Bonchev–Trinajstić information content (AvgIpc) is 2.96. The molecular weight excluding hydrogens is 340 g/mol. The molecule has 0 spiro atoms. The maximum atomic E-state index is 12.6. The number of carbonyl (C=O) groups excluding carboxylic acids is 1. The number of imidazole rings is 1. The normalized spacial score (nSPS) is 15.3. The maximum Gasteiger partial charge on any atom is 0.326 e. The van der Waals surface area contributed by atoms with Gasteiger partial charge in [0.05, 0.1) is 11.0 Å². The summed E-state index contributed by atoms with van der Waals surface area (Å²) in [5, 5.41) is 3.00. The lowest BCUT2D eigenvalue weighted by molar-refractivity contribution is 0.184. The van der Waals surface area contributed by atoms with Gasteiger partial charge in [0.2, 0.25) is 0 Å². The van der Waals surface area contributed by atoms with E-state index < -0.39 is 0 Å². The maximum absolute atomic E-state index is 12.6. The molecule has 4 rings (SSSR count). The van der Waals surface area contributed by atoms with Crippen molar-refractivity contribution in [3.8, 4) is 0 Å². The fraction of sp³-hybridized carbons (Fsp3) is 0.333. The molecule has 2 heterocycles. The van der Waals surface area contributed by atoms with Crippen LogP contribution in [0.5, 0.6) is 0 Å². The summed E-state index contributed by atoms with van der Waals surface area (Å²) in [7, 11) is 0. The smallest absolute Gasteiger partial charge is 0.324 e. The van der Waals surface area contributed by atoms with Crippen molar-refractivity contribution in [3.63, 3.8) is 0 Å². The molecule has 1 aliphatic rings. The number of H-pyrrole nitrogens is 1. The first-order valence-electron chi connectivity index (χ1n) is 9.35. The molecule has 0 saturated carbocycles. The third kappa shape index (κ3) is 3.47. The number of benzene rings is 2. The number of aryl methyl sites for hydroxylation is 2. The van der Waals surface area contributed by atoms with Gasteiger partial charge < -0.3 is 15.2 Å².